The summed E-state index contributed by atoms with van der Waals surface area (Å²) < 4.78 is 40.8. The number of primary amides is 1. The fourth-order valence-corrected chi connectivity index (χ4v) is 2.93. The minimum Gasteiger partial charge on any atom is -0.368 e. The molecule has 1 heterocycles. The summed E-state index contributed by atoms with van der Waals surface area (Å²) in [5.74, 6) is -5.67. The third-order valence-corrected chi connectivity index (χ3v) is 4.48. The van der Waals surface area contributed by atoms with Gasteiger partial charge >= 0.3 is 0 Å². The van der Waals surface area contributed by atoms with Crippen molar-refractivity contribution in [3.63, 3.8) is 0 Å². The molecule has 0 saturated carbocycles. The molecule has 0 aliphatic carbocycles. The van der Waals surface area contributed by atoms with Gasteiger partial charge in [0.2, 0.25) is 11.8 Å². The zero-order valence-electron chi connectivity index (χ0n) is 15.2. The summed E-state index contributed by atoms with van der Waals surface area (Å²) in [4.78, 5) is 36.3. The fourth-order valence-electron chi connectivity index (χ4n) is 2.93. The molecule has 0 bridgehead atoms. The number of nitrogens with zero attached hydrogens (tertiary/aromatic N) is 1. The van der Waals surface area contributed by atoms with Gasteiger partial charge in [-0.1, -0.05) is 6.07 Å². The number of fused-ring (bicyclic) bond motifs is 1. The van der Waals surface area contributed by atoms with Crippen molar-refractivity contribution >= 4 is 28.3 Å². The van der Waals surface area contributed by atoms with Crippen molar-refractivity contribution in [3.05, 3.63) is 76.0 Å². The van der Waals surface area contributed by atoms with E-state index in [0.29, 0.717) is 11.1 Å². The number of benzene rings is 2. The molecule has 0 fully saturated rings. The number of pyridine rings is 1. The van der Waals surface area contributed by atoms with Crippen LogP contribution < -0.4 is 16.6 Å². The normalized spacial score (nSPS) is 12.0. The Morgan fingerprint density at radius 1 is 1.10 bits per heavy atom. The Labute approximate surface area is 162 Å². The van der Waals surface area contributed by atoms with Crippen LogP contribution in [0.3, 0.4) is 0 Å². The Bertz CT molecular complexity index is 1170. The van der Waals surface area contributed by atoms with Gasteiger partial charge in [0.25, 0.3) is 5.56 Å². The van der Waals surface area contributed by atoms with Crippen LogP contribution in [0, 0.1) is 17.5 Å². The van der Waals surface area contributed by atoms with E-state index in [-0.39, 0.29) is 10.9 Å². The number of carbonyl (C=O) groups excluding carboxylic acids is 2. The number of hydrogen-bond donors (Lipinski definition) is 2. The van der Waals surface area contributed by atoms with Gasteiger partial charge in [-0.3, -0.25) is 14.4 Å². The van der Waals surface area contributed by atoms with Crippen molar-refractivity contribution in [2.45, 2.75) is 19.4 Å². The molecule has 1 atom stereocenters. The molecule has 3 aromatic rings. The second kappa shape index (κ2) is 7.78. The molecular formula is C20H16F3N3O3. The maximum atomic E-state index is 13.3. The van der Waals surface area contributed by atoms with E-state index in [1.165, 1.54) is 29.8 Å². The molecular weight excluding hydrogens is 387 g/mol. The van der Waals surface area contributed by atoms with E-state index in [0.717, 1.165) is 12.1 Å². The Hall–Kier alpha value is -3.62. The van der Waals surface area contributed by atoms with E-state index < -0.39 is 47.3 Å². The molecule has 1 aromatic heterocycles. The van der Waals surface area contributed by atoms with Crippen LogP contribution in [0.4, 0.5) is 18.9 Å². The lowest BCUT2D eigenvalue weighted by Crippen LogP contribution is -2.31. The number of halogens is 3. The van der Waals surface area contributed by atoms with Crippen LogP contribution in [-0.4, -0.2) is 16.4 Å². The minimum atomic E-state index is -1.61. The first-order valence-corrected chi connectivity index (χ1v) is 8.55. The Kier molecular flexibility index (Phi) is 5.40. The Morgan fingerprint density at radius 2 is 1.76 bits per heavy atom. The monoisotopic (exact) mass is 403 g/mol. The number of nitrogens with two attached hydrogens (primary N) is 1. The number of amides is 2. The molecule has 0 saturated heterocycles. The molecule has 6 nitrogen and oxygen atoms in total. The van der Waals surface area contributed by atoms with E-state index in [9.17, 15) is 27.6 Å². The molecule has 0 aliphatic rings. The highest BCUT2D eigenvalue weighted by atomic mass is 19.2. The predicted molar refractivity (Wildman–Crippen MR) is 101 cm³/mol. The second-order valence-corrected chi connectivity index (χ2v) is 6.47. The molecule has 9 heteroatoms. The number of aromatic nitrogens is 1. The SMILES string of the molecule is CC(C(N)=O)n1ccc2c(NC(=O)Cc3cc(F)c(F)c(F)c3)cccc2c1=O. The summed E-state index contributed by atoms with van der Waals surface area (Å²) in [6, 6.07) is 6.79. The number of rotatable bonds is 5. The smallest absolute Gasteiger partial charge is 0.259 e. The van der Waals surface area contributed by atoms with Gasteiger partial charge in [-0.05, 0) is 42.8 Å². The van der Waals surface area contributed by atoms with Crippen LogP contribution in [-0.2, 0) is 16.0 Å². The van der Waals surface area contributed by atoms with Crippen molar-refractivity contribution in [2.24, 2.45) is 5.73 Å². The summed E-state index contributed by atoms with van der Waals surface area (Å²) in [5.41, 5.74) is 5.04. The van der Waals surface area contributed by atoms with Crippen molar-refractivity contribution in [2.75, 3.05) is 5.32 Å². The average molecular weight is 403 g/mol. The van der Waals surface area contributed by atoms with Gasteiger partial charge in [0.05, 0.1) is 6.42 Å². The first-order valence-electron chi connectivity index (χ1n) is 8.55. The highest BCUT2D eigenvalue weighted by Crippen LogP contribution is 2.22. The van der Waals surface area contributed by atoms with Gasteiger partial charge in [0, 0.05) is 22.7 Å². The molecule has 0 aliphatic heterocycles. The molecule has 2 aromatic carbocycles. The maximum absolute atomic E-state index is 13.3. The van der Waals surface area contributed by atoms with Gasteiger partial charge in [0.1, 0.15) is 6.04 Å². The van der Waals surface area contributed by atoms with Crippen molar-refractivity contribution in [1.82, 2.24) is 4.57 Å². The van der Waals surface area contributed by atoms with Gasteiger partial charge < -0.3 is 15.6 Å². The molecule has 150 valence electrons. The molecule has 0 radical (unpaired) electrons. The van der Waals surface area contributed by atoms with E-state index in [1.54, 1.807) is 12.1 Å². The van der Waals surface area contributed by atoms with Crippen molar-refractivity contribution < 1.29 is 22.8 Å². The van der Waals surface area contributed by atoms with Gasteiger partial charge in [-0.15, -0.1) is 0 Å². The van der Waals surface area contributed by atoms with Crippen LogP contribution in [0.15, 0.2) is 47.4 Å². The van der Waals surface area contributed by atoms with Crippen molar-refractivity contribution in [3.8, 4) is 0 Å². The molecule has 2 amide bonds. The summed E-state index contributed by atoms with van der Waals surface area (Å²) in [5, 5.41) is 3.23. The topological polar surface area (TPSA) is 94.2 Å². The van der Waals surface area contributed by atoms with Crippen LogP contribution in [0.5, 0.6) is 0 Å². The first-order chi connectivity index (χ1) is 13.7. The van der Waals surface area contributed by atoms with E-state index in [4.69, 9.17) is 5.73 Å². The third-order valence-electron chi connectivity index (χ3n) is 4.48. The summed E-state index contributed by atoms with van der Waals surface area (Å²) in [6.45, 7) is 1.49. The lowest BCUT2D eigenvalue weighted by atomic mass is 10.1. The van der Waals surface area contributed by atoms with Gasteiger partial charge in [-0.25, -0.2) is 13.2 Å². The van der Waals surface area contributed by atoms with Crippen LogP contribution >= 0.6 is 0 Å². The van der Waals surface area contributed by atoms with E-state index in [2.05, 4.69) is 5.32 Å². The molecule has 29 heavy (non-hydrogen) atoms. The van der Waals surface area contributed by atoms with Crippen LogP contribution in [0.2, 0.25) is 0 Å². The Morgan fingerprint density at radius 3 is 2.38 bits per heavy atom. The van der Waals surface area contributed by atoms with Crippen LogP contribution in [0.1, 0.15) is 18.5 Å². The second-order valence-electron chi connectivity index (χ2n) is 6.47. The third kappa shape index (κ3) is 3.98. The van der Waals surface area contributed by atoms with Crippen LogP contribution in [0.25, 0.3) is 10.8 Å². The highest BCUT2D eigenvalue weighted by molar-refractivity contribution is 6.02. The fraction of sp³-hybridized carbons (Fsp3) is 0.150. The molecule has 1 unspecified atom stereocenters. The van der Waals surface area contributed by atoms with Crippen molar-refractivity contribution in [1.29, 1.82) is 0 Å². The zero-order valence-corrected chi connectivity index (χ0v) is 15.2. The summed E-state index contributed by atoms with van der Waals surface area (Å²) in [7, 11) is 0. The largest absolute Gasteiger partial charge is 0.368 e. The molecule has 3 N–H and O–H groups in total. The number of carbonyl (C=O) groups is 2. The lowest BCUT2D eigenvalue weighted by molar-refractivity contribution is -0.120. The van der Waals surface area contributed by atoms with Gasteiger partial charge in [0.15, 0.2) is 17.5 Å². The lowest BCUT2D eigenvalue weighted by Gasteiger charge is -2.14. The van der Waals surface area contributed by atoms with E-state index >= 15 is 0 Å². The van der Waals surface area contributed by atoms with Gasteiger partial charge in [-0.2, -0.15) is 0 Å². The summed E-state index contributed by atoms with van der Waals surface area (Å²) >= 11 is 0. The molecule has 0 spiro atoms. The number of hydrogen-bond acceptors (Lipinski definition) is 3. The Balaban J connectivity index is 1.90. The first kappa shape index (κ1) is 20.1. The average Bonchev–Trinajstić information content (AvgIpc) is 2.66. The summed E-state index contributed by atoms with van der Waals surface area (Å²) in [6.07, 6.45) is 0.987. The minimum absolute atomic E-state index is 0.0447. The highest BCUT2D eigenvalue weighted by Gasteiger charge is 2.16. The number of nitrogens with one attached hydrogen (secondary N) is 1. The predicted octanol–water partition coefficient (Wildman–Crippen LogP) is 2.65. The number of anilines is 1. The quantitative estimate of drug-likeness (QED) is 0.642. The zero-order chi connectivity index (χ0) is 21.3. The van der Waals surface area contributed by atoms with E-state index in [1.807, 2.05) is 0 Å². The molecule has 3 rings (SSSR count). The standard InChI is InChI=1S/C20H16F3N3O3/c1-10(19(24)28)26-6-5-12-13(20(26)29)3-2-4-16(12)25-17(27)9-11-7-14(21)18(23)15(22)8-11/h2-8,10H,9H2,1H3,(H2,24,28)(H,25,27). The maximum Gasteiger partial charge on any atom is 0.259 e.